The van der Waals surface area contributed by atoms with E-state index < -0.39 is 13.3 Å². The number of carbonyl (C=O) groups is 1. The summed E-state index contributed by atoms with van der Waals surface area (Å²) in [5.74, 6) is -0.648. The van der Waals surface area contributed by atoms with Gasteiger partial charge in [-0.2, -0.15) is 0 Å². The second-order valence-corrected chi connectivity index (χ2v) is 9.19. The smallest absolute Gasteiger partial charge is 0.503 e. The Morgan fingerprint density at radius 3 is 1.97 bits per heavy atom. The first-order valence-electron chi connectivity index (χ1n) is 11.6. The van der Waals surface area contributed by atoms with Gasteiger partial charge >= 0.3 is 7.47 Å². The molecule has 0 aliphatic heterocycles. The summed E-state index contributed by atoms with van der Waals surface area (Å²) in [6.45, 7) is 0. The molecule has 0 saturated heterocycles. The van der Waals surface area contributed by atoms with Crippen LogP contribution in [0.2, 0.25) is 0 Å². The van der Waals surface area contributed by atoms with Crippen molar-refractivity contribution in [1.29, 1.82) is 0 Å². The van der Waals surface area contributed by atoms with Crippen molar-refractivity contribution in [3.05, 3.63) is 90.5 Å². The van der Waals surface area contributed by atoms with E-state index in [0.29, 0.717) is 11.4 Å². The average Bonchev–Trinajstić information content (AvgIpc) is 3.63. The Labute approximate surface area is 202 Å². The summed E-state index contributed by atoms with van der Waals surface area (Å²) in [6.07, 6.45) is 4.55. The molecular formula is C29H15BF2N2O2. The van der Waals surface area contributed by atoms with Crippen molar-refractivity contribution in [2.45, 2.75) is 0 Å². The van der Waals surface area contributed by atoms with Crippen LogP contribution in [0.3, 0.4) is 0 Å². The van der Waals surface area contributed by atoms with Gasteiger partial charge in [0.2, 0.25) is 5.78 Å². The minimum Gasteiger partial charge on any atom is -0.503 e. The van der Waals surface area contributed by atoms with Gasteiger partial charge in [-0.05, 0) is 66.0 Å². The molecule has 0 saturated carbocycles. The topological polar surface area (TPSA) is 57.9 Å². The van der Waals surface area contributed by atoms with E-state index in [9.17, 15) is 13.4 Å². The van der Waals surface area contributed by atoms with Crippen LogP contribution in [0, 0.1) is 0 Å². The van der Waals surface area contributed by atoms with Crippen molar-refractivity contribution < 1.29 is 18.1 Å². The molecule has 0 unspecified atom stereocenters. The van der Waals surface area contributed by atoms with Gasteiger partial charge in [-0.25, -0.2) is 8.63 Å². The third kappa shape index (κ3) is 2.39. The third-order valence-corrected chi connectivity index (χ3v) is 7.43. The van der Waals surface area contributed by atoms with Crippen LogP contribution in [-0.2, 0) is 4.65 Å². The van der Waals surface area contributed by atoms with Crippen molar-refractivity contribution >= 4 is 83.6 Å². The first kappa shape index (κ1) is 19.6. The Hall–Kier alpha value is -4.65. The average molecular weight is 472 g/mol. The van der Waals surface area contributed by atoms with Gasteiger partial charge in [-0.15, -0.1) is 0 Å². The third-order valence-electron chi connectivity index (χ3n) is 7.43. The zero-order chi connectivity index (χ0) is 24.1. The Kier molecular flexibility index (Phi) is 3.67. The number of halogens is 2. The molecule has 7 heteroatoms. The highest BCUT2D eigenvalue weighted by molar-refractivity contribution is 6.48. The number of ketones is 1. The summed E-state index contributed by atoms with van der Waals surface area (Å²) in [4.78, 5) is 18.8. The van der Waals surface area contributed by atoms with Crippen LogP contribution in [0.5, 0.6) is 0 Å². The first-order valence-corrected chi connectivity index (χ1v) is 11.6. The van der Waals surface area contributed by atoms with E-state index in [4.69, 9.17) is 4.65 Å². The molecule has 36 heavy (non-hydrogen) atoms. The van der Waals surface area contributed by atoms with Crippen molar-refractivity contribution in [3.8, 4) is 0 Å². The molecule has 0 radical (unpaired) electrons. The van der Waals surface area contributed by atoms with Gasteiger partial charge < -0.3 is 14.6 Å². The van der Waals surface area contributed by atoms with E-state index in [1.165, 1.54) is 32.3 Å². The molecule has 6 aromatic carbocycles. The number of hydrogen-bond acceptors (Lipinski definition) is 2. The SMILES string of the molecule is O=C(/C=C(/OB(F)F)c1[nH]cc2c3ccc4ccc5ccc6ccc(c12)c1c6c5c4c31)c1ccc[nH]1. The fourth-order valence-electron chi connectivity index (χ4n) is 6.05. The standard InChI is InChI=1S/C29H15BF2N2O2/c31-30(32)36-22(12-21(35)20-2-1-11-33-20)29-26-18-10-8-16-6-4-14-3-5-15-7-9-17(19(26)13-34-29)27-24(15)23(14)25(16)28(18)27/h1-13,33-34H/b22-12+. The maximum Gasteiger partial charge on any atom is 0.796 e. The number of nitrogens with one attached hydrogen (secondary N) is 2. The molecule has 2 aromatic heterocycles. The summed E-state index contributed by atoms with van der Waals surface area (Å²) >= 11 is 0. The van der Waals surface area contributed by atoms with E-state index in [1.807, 2.05) is 12.3 Å². The molecular weight excluding hydrogens is 457 g/mol. The fraction of sp³-hybridized carbons (Fsp3) is 0. The van der Waals surface area contributed by atoms with Crippen LogP contribution >= 0.6 is 0 Å². The molecule has 0 atom stereocenters. The molecule has 0 spiro atoms. The van der Waals surface area contributed by atoms with E-state index in [2.05, 4.69) is 52.4 Å². The predicted octanol–water partition coefficient (Wildman–Crippen LogP) is 7.74. The molecule has 2 heterocycles. The molecule has 0 amide bonds. The summed E-state index contributed by atoms with van der Waals surface area (Å²) in [5.41, 5.74) is 0.648. The molecule has 2 N–H and O–H groups in total. The summed E-state index contributed by atoms with van der Waals surface area (Å²) in [5, 5.41) is 13.1. The van der Waals surface area contributed by atoms with E-state index in [0.717, 1.165) is 38.4 Å². The van der Waals surface area contributed by atoms with E-state index >= 15 is 0 Å². The zero-order valence-electron chi connectivity index (χ0n) is 18.7. The van der Waals surface area contributed by atoms with Gasteiger partial charge in [0.1, 0.15) is 5.76 Å². The number of fused-ring (bicyclic) bond motifs is 3. The monoisotopic (exact) mass is 472 g/mol. The van der Waals surface area contributed by atoms with Crippen molar-refractivity contribution in [2.75, 3.05) is 0 Å². The summed E-state index contributed by atoms with van der Waals surface area (Å²) in [7, 11) is -3.09. The molecule has 0 fully saturated rings. The predicted molar refractivity (Wildman–Crippen MR) is 142 cm³/mol. The maximum atomic E-state index is 13.5. The number of aromatic amines is 2. The van der Waals surface area contributed by atoms with Gasteiger partial charge in [-0.1, -0.05) is 48.5 Å². The highest BCUT2D eigenvalue weighted by Crippen LogP contribution is 2.51. The lowest BCUT2D eigenvalue weighted by molar-refractivity contribution is 0.104. The lowest BCUT2D eigenvalue weighted by Crippen LogP contribution is -2.07. The normalized spacial score (nSPS) is 13.0. The van der Waals surface area contributed by atoms with Crippen LogP contribution in [0.25, 0.3) is 70.4 Å². The largest absolute Gasteiger partial charge is 0.796 e. The lowest BCUT2D eigenvalue weighted by atomic mass is 9.94. The second kappa shape index (κ2) is 6.73. The number of hydrogen-bond donors (Lipinski definition) is 2. The van der Waals surface area contributed by atoms with Crippen molar-refractivity contribution in [2.24, 2.45) is 0 Å². The van der Waals surface area contributed by atoms with Crippen LogP contribution in [0.1, 0.15) is 16.2 Å². The highest BCUT2D eigenvalue weighted by atomic mass is 19.2. The Balaban J connectivity index is 1.53. The molecule has 8 aromatic rings. The minimum atomic E-state index is -3.09. The fourth-order valence-corrected chi connectivity index (χ4v) is 6.05. The van der Waals surface area contributed by atoms with Crippen LogP contribution in [0.4, 0.5) is 8.63 Å². The summed E-state index contributed by atoms with van der Waals surface area (Å²) < 4.78 is 32.0. The van der Waals surface area contributed by atoms with Crippen LogP contribution in [0.15, 0.2) is 79.1 Å². The summed E-state index contributed by atoms with van der Waals surface area (Å²) in [6, 6.07) is 20.2. The number of carbonyl (C=O) groups excluding carboxylic acids is 1. The molecule has 8 rings (SSSR count). The Morgan fingerprint density at radius 2 is 1.33 bits per heavy atom. The second-order valence-electron chi connectivity index (χ2n) is 9.19. The maximum absolute atomic E-state index is 13.5. The molecule has 170 valence electrons. The van der Waals surface area contributed by atoms with Crippen molar-refractivity contribution in [1.82, 2.24) is 9.97 Å². The minimum absolute atomic E-state index is 0.198. The van der Waals surface area contributed by atoms with Gasteiger partial charge in [0.25, 0.3) is 0 Å². The number of rotatable bonds is 5. The van der Waals surface area contributed by atoms with Gasteiger partial charge in [0, 0.05) is 29.2 Å². The van der Waals surface area contributed by atoms with Gasteiger partial charge in [0.15, 0.2) is 0 Å². The Morgan fingerprint density at radius 1 is 0.722 bits per heavy atom. The molecule has 0 aliphatic rings. The van der Waals surface area contributed by atoms with Crippen LogP contribution < -0.4 is 0 Å². The van der Waals surface area contributed by atoms with Gasteiger partial charge in [-0.3, -0.25) is 4.79 Å². The number of allylic oxidation sites excluding steroid dienone is 1. The van der Waals surface area contributed by atoms with E-state index in [1.54, 1.807) is 18.3 Å². The zero-order valence-corrected chi connectivity index (χ0v) is 18.7. The lowest BCUT2D eigenvalue weighted by Gasteiger charge is -2.11. The van der Waals surface area contributed by atoms with E-state index in [-0.39, 0.29) is 5.76 Å². The highest BCUT2D eigenvalue weighted by Gasteiger charge is 2.27. The first-order chi connectivity index (χ1) is 17.6. The molecule has 0 bridgehead atoms. The van der Waals surface area contributed by atoms with Crippen LogP contribution in [-0.4, -0.2) is 23.2 Å². The molecule has 4 nitrogen and oxygen atoms in total. The number of benzene rings is 5. The Bertz CT molecular complexity index is 2120. The number of H-pyrrole nitrogens is 2. The van der Waals surface area contributed by atoms with Crippen molar-refractivity contribution in [3.63, 3.8) is 0 Å². The number of aromatic nitrogens is 2. The quantitative estimate of drug-likeness (QED) is 0.0885. The van der Waals surface area contributed by atoms with Gasteiger partial charge in [0.05, 0.1) is 11.4 Å². The molecule has 0 aliphatic carbocycles.